The van der Waals surface area contributed by atoms with Crippen molar-refractivity contribution in [2.75, 3.05) is 13.7 Å². The van der Waals surface area contributed by atoms with Crippen LogP contribution < -0.4 is 5.06 Å². The second kappa shape index (κ2) is 3.32. The van der Waals surface area contributed by atoms with E-state index in [4.69, 9.17) is 4.74 Å². The predicted octanol–water partition coefficient (Wildman–Crippen LogP) is -0.228. The first-order valence-corrected chi connectivity index (χ1v) is 3.79. The van der Waals surface area contributed by atoms with E-state index in [0.29, 0.717) is 12.5 Å². The van der Waals surface area contributed by atoms with Gasteiger partial charge in [-0.2, -0.15) is 0 Å². The van der Waals surface area contributed by atoms with Crippen molar-refractivity contribution in [2.45, 2.75) is 26.0 Å². The van der Waals surface area contributed by atoms with E-state index in [-0.39, 0.29) is 11.3 Å². The van der Waals surface area contributed by atoms with Crippen LogP contribution in [0.5, 0.6) is 0 Å². The first-order chi connectivity index (χ1) is 4.74. The second-order valence-corrected chi connectivity index (χ2v) is 3.07. The maximum atomic E-state index is 11.0. The van der Waals surface area contributed by atoms with Crippen LogP contribution in [-0.4, -0.2) is 19.9 Å². The van der Waals surface area contributed by atoms with Crippen LogP contribution in [0.4, 0.5) is 0 Å². The number of ether oxygens (including phenoxy) is 1. The van der Waals surface area contributed by atoms with E-state index in [9.17, 15) is 5.21 Å². The van der Waals surface area contributed by atoms with E-state index in [1.165, 1.54) is 0 Å². The minimum atomic E-state index is -0.108. The van der Waals surface area contributed by atoms with Gasteiger partial charge < -0.3 is 15.0 Å². The van der Waals surface area contributed by atoms with Gasteiger partial charge in [-0.25, -0.2) is 0 Å². The molecule has 0 radical (unpaired) electrons. The third kappa shape index (κ3) is 1.68. The quantitative estimate of drug-likeness (QED) is 0.517. The van der Waals surface area contributed by atoms with Crippen molar-refractivity contribution in [3.63, 3.8) is 0 Å². The number of methoxy groups -OCH3 is 1. The molecule has 0 saturated carbocycles. The summed E-state index contributed by atoms with van der Waals surface area (Å²) >= 11 is 0. The Morgan fingerprint density at radius 2 is 2.30 bits per heavy atom. The number of rotatable bonds is 1. The lowest BCUT2D eigenvalue weighted by Crippen LogP contribution is -3.12. The van der Waals surface area contributed by atoms with E-state index in [2.05, 4.69) is 6.92 Å². The molecule has 10 heavy (non-hydrogen) atoms. The zero-order chi connectivity index (χ0) is 7.56. The van der Waals surface area contributed by atoms with Crippen LogP contribution in [0.2, 0.25) is 0 Å². The largest absolute Gasteiger partial charge is 0.632 e. The molecule has 0 aromatic carbocycles. The second-order valence-electron chi connectivity index (χ2n) is 3.07. The highest BCUT2D eigenvalue weighted by molar-refractivity contribution is 4.59. The first-order valence-electron chi connectivity index (χ1n) is 3.79. The molecule has 3 heteroatoms. The van der Waals surface area contributed by atoms with E-state index in [1.807, 2.05) is 0 Å². The average molecular weight is 145 g/mol. The molecule has 1 heterocycles. The Morgan fingerprint density at radius 1 is 1.60 bits per heavy atom. The summed E-state index contributed by atoms with van der Waals surface area (Å²) in [5.41, 5.74) is 0. The summed E-state index contributed by atoms with van der Waals surface area (Å²) in [7, 11) is 1.61. The number of quaternary nitrogens is 1. The van der Waals surface area contributed by atoms with Gasteiger partial charge in [0.1, 0.15) is 0 Å². The van der Waals surface area contributed by atoms with Gasteiger partial charge in [0.05, 0.1) is 6.54 Å². The molecule has 0 aromatic heterocycles. The lowest BCUT2D eigenvalue weighted by molar-refractivity contribution is -0.907. The zero-order valence-electron chi connectivity index (χ0n) is 6.59. The molecule has 1 saturated heterocycles. The Hall–Kier alpha value is -0.120. The third-order valence-corrected chi connectivity index (χ3v) is 2.14. The van der Waals surface area contributed by atoms with Crippen molar-refractivity contribution in [1.82, 2.24) is 0 Å². The molecule has 0 amide bonds. The highest BCUT2D eigenvalue weighted by atomic mass is 16.6. The molecule has 3 atom stereocenters. The molecule has 1 aliphatic rings. The first kappa shape index (κ1) is 7.98. The third-order valence-electron chi connectivity index (χ3n) is 2.14. The lowest BCUT2D eigenvalue weighted by Gasteiger charge is -2.36. The van der Waals surface area contributed by atoms with Crippen LogP contribution in [-0.2, 0) is 4.74 Å². The fourth-order valence-electron chi connectivity index (χ4n) is 1.39. The smallest absolute Gasteiger partial charge is 0.191 e. The number of hydrogen-bond acceptors (Lipinski definition) is 2. The highest BCUT2D eigenvalue weighted by Crippen LogP contribution is 2.11. The molecular formula is C7H15NO2. The molecule has 1 rings (SSSR count). The van der Waals surface area contributed by atoms with Crippen LogP contribution in [0.25, 0.3) is 0 Å². The Kier molecular flexibility index (Phi) is 2.65. The standard InChI is InChI=1S/C7H15NO2/c1-6-3-4-8(9)7(5-6)10-2/h6-8H,3-5H2,1-2H3. The summed E-state index contributed by atoms with van der Waals surface area (Å²) in [6, 6.07) is 0. The molecular weight excluding hydrogens is 130 g/mol. The zero-order valence-corrected chi connectivity index (χ0v) is 6.59. The fourth-order valence-corrected chi connectivity index (χ4v) is 1.39. The summed E-state index contributed by atoms with van der Waals surface area (Å²) in [5.74, 6) is 0.655. The van der Waals surface area contributed by atoms with E-state index in [0.717, 1.165) is 12.8 Å². The van der Waals surface area contributed by atoms with Crippen LogP contribution in [0.3, 0.4) is 0 Å². The van der Waals surface area contributed by atoms with Crippen molar-refractivity contribution in [3.8, 4) is 0 Å². The molecule has 3 nitrogen and oxygen atoms in total. The van der Waals surface area contributed by atoms with E-state index < -0.39 is 0 Å². The summed E-state index contributed by atoms with van der Waals surface area (Å²) < 4.78 is 5.02. The van der Waals surface area contributed by atoms with Gasteiger partial charge in [-0.15, -0.1) is 0 Å². The summed E-state index contributed by atoms with van der Waals surface area (Å²) in [6.07, 6.45) is 1.84. The van der Waals surface area contributed by atoms with Crippen molar-refractivity contribution < 1.29 is 9.80 Å². The molecule has 1 fully saturated rings. The van der Waals surface area contributed by atoms with Gasteiger partial charge >= 0.3 is 0 Å². The van der Waals surface area contributed by atoms with Gasteiger partial charge in [0.25, 0.3) is 0 Å². The average Bonchev–Trinajstić information content (AvgIpc) is 1.94. The molecule has 3 unspecified atom stereocenters. The predicted molar refractivity (Wildman–Crippen MR) is 38.4 cm³/mol. The molecule has 0 aromatic rings. The Balaban J connectivity index is 2.38. The molecule has 1 N–H and O–H groups in total. The molecule has 0 aliphatic carbocycles. The van der Waals surface area contributed by atoms with Crippen molar-refractivity contribution in [1.29, 1.82) is 0 Å². The van der Waals surface area contributed by atoms with E-state index >= 15 is 0 Å². The maximum absolute atomic E-state index is 11.0. The van der Waals surface area contributed by atoms with Crippen LogP contribution in [0, 0.1) is 11.1 Å². The van der Waals surface area contributed by atoms with Gasteiger partial charge in [0.15, 0.2) is 6.23 Å². The van der Waals surface area contributed by atoms with Gasteiger partial charge in [0, 0.05) is 13.5 Å². The maximum Gasteiger partial charge on any atom is 0.191 e. The molecule has 0 spiro atoms. The number of piperidine rings is 1. The van der Waals surface area contributed by atoms with Crippen molar-refractivity contribution in [2.24, 2.45) is 5.92 Å². The van der Waals surface area contributed by atoms with E-state index in [1.54, 1.807) is 7.11 Å². The van der Waals surface area contributed by atoms with Gasteiger partial charge in [-0.3, -0.25) is 0 Å². The van der Waals surface area contributed by atoms with Gasteiger partial charge in [-0.05, 0) is 12.3 Å². The molecule has 60 valence electrons. The molecule has 0 bridgehead atoms. The Labute approximate surface area is 61.5 Å². The topological polar surface area (TPSA) is 36.7 Å². The summed E-state index contributed by atoms with van der Waals surface area (Å²) in [4.78, 5) is 0. The summed E-state index contributed by atoms with van der Waals surface area (Å²) in [6.45, 7) is 2.87. The number of hydrogen-bond donors (Lipinski definition) is 1. The number of nitrogens with one attached hydrogen (secondary N) is 1. The van der Waals surface area contributed by atoms with Crippen molar-refractivity contribution in [3.05, 3.63) is 5.21 Å². The minimum Gasteiger partial charge on any atom is -0.632 e. The van der Waals surface area contributed by atoms with Crippen LogP contribution in [0.15, 0.2) is 0 Å². The monoisotopic (exact) mass is 145 g/mol. The highest BCUT2D eigenvalue weighted by Gasteiger charge is 2.23. The SMILES string of the molecule is COC1CC(C)CC[NH+]1[O-]. The van der Waals surface area contributed by atoms with Crippen LogP contribution >= 0.6 is 0 Å². The lowest BCUT2D eigenvalue weighted by atomic mass is 9.99. The van der Waals surface area contributed by atoms with Gasteiger partial charge in [-0.1, -0.05) is 6.92 Å². The fraction of sp³-hybridized carbons (Fsp3) is 1.00. The van der Waals surface area contributed by atoms with Crippen molar-refractivity contribution >= 4 is 0 Å². The molecule has 1 aliphatic heterocycles. The van der Waals surface area contributed by atoms with Gasteiger partial charge in [0.2, 0.25) is 0 Å². The number of hydroxylamine groups is 2. The Morgan fingerprint density at radius 3 is 2.80 bits per heavy atom. The Bertz CT molecular complexity index is 108. The van der Waals surface area contributed by atoms with Crippen LogP contribution in [0.1, 0.15) is 19.8 Å². The normalized spacial score (nSPS) is 41.7. The summed E-state index contributed by atoms with van der Waals surface area (Å²) in [5, 5.41) is 11.3. The minimum absolute atomic E-state index is 0.108.